The van der Waals surface area contributed by atoms with Gasteiger partial charge in [-0.15, -0.1) is 0 Å². The van der Waals surface area contributed by atoms with Gasteiger partial charge >= 0.3 is 0 Å². The fraction of sp³-hybridized carbons (Fsp3) is 0.136. The number of benzene rings is 2. The molecule has 0 radical (unpaired) electrons. The van der Waals surface area contributed by atoms with E-state index in [-0.39, 0.29) is 18.0 Å². The molecule has 0 atom stereocenters. The lowest BCUT2D eigenvalue weighted by Crippen LogP contribution is -2.30. The summed E-state index contributed by atoms with van der Waals surface area (Å²) >= 11 is 1.45. The van der Waals surface area contributed by atoms with E-state index in [4.69, 9.17) is 4.98 Å². The number of fused-ring (bicyclic) bond motifs is 1. The monoisotopic (exact) mass is 391 g/mol. The Morgan fingerprint density at radius 1 is 1.11 bits per heavy atom. The van der Waals surface area contributed by atoms with Crippen LogP contribution in [0.1, 0.15) is 28.5 Å². The number of rotatable bonds is 5. The number of carbonyl (C=O) groups excluding carboxylic acids is 1. The molecule has 2 aromatic carbocycles. The first-order chi connectivity index (χ1) is 13.7. The van der Waals surface area contributed by atoms with Crippen LogP contribution in [0.2, 0.25) is 0 Å². The van der Waals surface area contributed by atoms with Crippen LogP contribution in [0.15, 0.2) is 66.9 Å². The van der Waals surface area contributed by atoms with E-state index in [0.717, 1.165) is 27.9 Å². The van der Waals surface area contributed by atoms with Crippen LogP contribution >= 0.6 is 11.3 Å². The second-order valence-corrected chi connectivity index (χ2v) is 7.35. The van der Waals surface area contributed by atoms with Crippen molar-refractivity contribution in [1.82, 2.24) is 9.97 Å². The van der Waals surface area contributed by atoms with Crippen molar-refractivity contribution in [3.8, 4) is 0 Å². The van der Waals surface area contributed by atoms with E-state index >= 15 is 0 Å². The minimum Gasteiger partial charge on any atom is -0.278 e. The zero-order valence-corrected chi connectivity index (χ0v) is 16.1. The maximum atomic E-state index is 13.7. The summed E-state index contributed by atoms with van der Waals surface area (Å²) in [6, 6.07) is 17.3. The number of nitrogens with zero attached hydrogens (tertiary/aromatic N) is 3. The molecule has 1 amide bonds. The molecule has 0 spiro atoms. The van der Waals surface area contributed by atoms with Crippen LogP contribution in [0.3, 0.4) is 0 Å². The number of carbonyl (C=O) groups is 1. The van der Waals surface area contributed by atoms with Crippen LogP contribution in [-0.4, -0.2) is 15.9 Å². The largest absolute Gasteiger partial charge is 0.278 e. The summed E-state index contributed by atoms with van der Waals surface area (Å²) in [5.41, 5.74) is 3.06. The number of amides is 1. The molecule has 4 rings (SSSR count). The van der Waals surface area contributed by atoms with Crippen molar-refractivity contribution < 1.29 is 9.18 Å². The molecule has 0 aliphatic carbocycles. The molecular formula is C22H18FN3OS. The highest BCUT2D eigenvalue weighted by molar-refractivity contribution is 7.22. The molecule has 0 unspecified atom stereocenters. The molecule has 140 valence electrons. The molecule has 0 N–H and O–H groups in total. The number of aryl methyl sites for hydroxylation is 1. The third-order valence-electron chi connectivity index (χ3n) is 4.47. The molecule has 28 heavy (non-hydrogen) atoms. The van der Waals surface area contributed by atoms with Crippen molar-refractivity contribution >= 4 is 32.6 Å². The quantitative estimate of drug-likeness (QED) is 0.467. The third kappa shape index (κ3) is 3.64. The number of aromatic nitrogens is 2. The highest BCUT2D eigenvalue weighted by Gasteiger charge is 2.23. The second kappa shape index (κ2) is 7.86. The van der Waals surface area contributed by atoms with Crippen molar-refractivity contribution in [2.45, 2.75) is 19.9 Å². The van der Waals surface area contributed by atoms with E-state index < -0.39 is 5.82 Å². The van der Waals surface area contributed by atoms with Crippen molar-refractivity contribution in [1.29, 1.82) is 0 Å². The van der Waals surface area contributed by atoms with Crippen LogP contribution in [0.25, 0.3) is 10.2 Å². The van der Waals surface area contributed by atoms with Gasteiger partial charge in [0.25, 0.3) is 5.91 Å². The minimum absolute atomic E-state index is 0.261. The standard InChI is InChI=1S/C22H18FN3OS/c1-2-15-7-6-11-19-20(15)25-22(28-19)26(14-18-10-3-4-12-24-18)21(27)16-8-5-9-17(23)13-16/h3-13H,2,14H2,1H3. The molecule has 6 heteroatoms. The van der Waals surface area contributed by atoms with E-state index in [2.05, 4.69) is 11.9 Å². The Hall–Kier alpha value is -3.12. The van der Waals surface area contributed by atoms with Crippen molar-refractivity contribution in [2.75, 3.05) is 4.90 Å². The van der Waals surface area contributed by atoms with Gasteiger partial charge in [0.2, 0.25) is 0 Å². The van der Waals surface area contributed by atoms with Gasteiger partial charge in [-0.2, -0.15) is 0 Å². The van der Waals surface area contributed by atoms with E-state index in [1.54, 1.807) is 17.2 Å². The summed E-state index contributed by atoms with van der Waals surface area (Å²) in [6.07, 6.45) is 2.55. The number of hydrogen-bond donors (Lipinski definition) is 0. The molecule has 0 aliphatic heterocycles. The summed E-state index contributed by atoms with van der Waals surface area (Å²) in [5, 5.41) is 0.579. The van der Waals surface area contributed by atoms with Gasteiger partial charge in [-0.25, -0.2) is 9.37 Å². The topological polar surface area (TPSA) is 46.1 Å². The Kier molecular flexibility index (Phi) is 5.12. The number of pyridine rings is 1. The predicted molar refractivity (Wildman–Crippen MR) is 110 cm³/mol. The lowest BCUT2D eigenvalue weighted by molar-refractivity contribution is 0.0984. The zero-order valence-electron chi connectivity index (χ0n) is 15.3. The molecule has 0 fully saturated rings. The van der Waals surface area contributed by atoms with Crippen LogP contribution in [-0.2, 0) is 13.0 Å². The molecule has 2 aromatic heterocycles. The molecule has 0 saturated carbocycles. The Bertz CT molecular complexity index is 1130. The molecular weight excluding hydrogens is 373 g/mol. The number of anilines is 1. The number of thiazole rings is 1. The van der Waals surface area contributed by atoms with Gasteiger partial charge in [0.1, 0.15) is 5.82 Å². The molecule has 0 aliphatic rings. The average molecular weight is 391 g/mol. The van der Waals surface area contributed by atoms with Crippen LogP contribution in [0.4, 0.5) is 9.52 Å². The first kappa shape index (κ1) is 18.3. The summed E-state index contributed by atoms with van der Waals surface area (Å²) in [7, 11) is 0. The Morgan fingerprint density at radius 3 is 2.71 bits per heavy atom. The number of para-hydroxylation sites is 1. The first-order valence-electron chi connectivity index (χ1n) is 9.01. The Labute approximate surface area is 166 Å². The summed E-state index contributed by atoms with van der Waals surface area (Å²) < 4.78 is 14.7. The van der Waals surface area contributed by atoms with Gasteiger partial charge in [0.05, 0.1) is 22.5 Å². The summed E-state index contributed by atoms with van der Waals surface area (Å²) in [6.45, 7) is 2.34. The maximum absolute atomic E-state index is 13.7. The number of hydrogen-bond acceptors (Lipinski definition) is 4. The highest BCUT2D eigenvalue weighted by Crippen LogP contribution is 2.32. The fourth-order valence-electron chi connectivity index (χ4n) is 3.05. The van der Waals surface area contributed by atoms with Gasteiger partial charge in [0, 0.05) is 11.8 Å². The normalized spacial score (nSPS) is 10.9. The average Bonchev–Trinajstić information content (AvgIpc) is 3.16. The summed E-state index contributed by atoms with van der Waals surface area (Å²) in [4.78, 5) is 23.9. The van der Waals surface area contributed by atoms with Crippen LogP contribution in [0, 0.1) is 5.82 Å². The van der Waals surface area contributed by atoms with Crippen molar-refractivity contribution in [3.63, 3.8) is 0 Å². The predicted octanol–water partition coefficient (Wildman–Crippen LogP) is 5.24. The van der Waals surface area contributed by atoms with Gasteiger partial charge in [-0.05, 0) is 48.4 Å². The highest BCUT2D eigenvalue weighted by atomic mass is 32.1. The van der Waals surface area contributed by atoms with E-state index in [1.165, 1.54) is 29.5 Å². The minimum atomic E-state index is -0.443. The van der Waals surface area contributed by atoms with Crippen LogP contribution in [0.5, 0.6) is 0 Å². The van der Waals surface area contributed by atoms with Gasteiger partial charge in [0.15, 0.2) is 5.13 Å². The summed E-state index contributed by atoms with van der Waals surface area (Å²) in [5.74, 6) is -0.747. The second-order valence-electron chi connectivity index (χ2n) is 6.34. The third-order valence-corrected chi connectivity index (χ3v) is 5.51. The first-order valence-corrected chi connectivity index (χ1v) is 9.83. The zero-order chi connectivity index (χ0) is 19.5. The smallest absolute Gasteiger partial charge is 0.260 e. The van der Waals surface area contributed by atoms with Gasteiger partial charge < -0.3 is 0 Å². The lowest BCUT2D eigenvalue weighted by atomic mass is 10.1. The molecule has 2 heterocycles. The van der Waals surface area contributed by atoms with E-state index in [9.17, 15) is 9.18 Å². The maximum Gasteiger partial charge on any atom is 0.260 e. The van der Waals surface area contributed by atoms with E-state index in [1.807, 2.05) is 36.4 Å². The fourth-order valence-corrected chi connectivity index (χ4v) is 4.06. The van der Waals surface area contributed by atoms with Crippen molar-refractivity contribution in [2.24, 2.45) is 0 Å². The van der Waals surface area contributed by atoms with Crippen molar-refractivity contribution in [3.05, 3.63) is 89.5 Å². The molecule has 4 aromatic rings. The lowest BCUT2D eigenvalue weighted by Gasteiger charge is -2.19. The van der Waals surface area contributed by atoms with E-state index in [0.29, 0.717) is 5.13 Å². The SMILES string of the molecule is CCc1cccc2sc(N(Cc3ccccn3)C(=O)c3cccc(F)c3)nc12. The molecule has 0 saturated heterocycles. The molecule has 0 bridgehead atoms. The molecule has 4 nitrogen and oxygen atoms in total. The number of halogens is 1. The Morgan fingerprint density at radius 2 is 1.96 bits per heavy atom. The van der Waals surface area contributed by atoms with Gasteiger partial charge in [-0.3, -0.25) is 14.7 Å². The van der Waals surface area contributed by atoms with Gasteiger partial charge in [-0.1, -0.05) is 42.5 Å². The Balaban J connectivity index is 1.79. The van der Waals surface area contributed by atoms with Crippen LogP contribution < -0.4 is 4.90 Å².